The fourth-order valence-electron chi connectivity index (χ4n) is 1.83. The zero-order valence-corrected chi connectivity index (χ0v) is 9.75. The number of aryl methyl sites for hydroxylation is 1. The van der Waals surface area contributed by atoms with Gasteiger partial charge in [0.2, 0.25) is 0 Å². The lowest BCUT2D eigenvalue weighted by atomic mass is 10.1. The molecule has 3 rings (SSSR count). The van der Waals surface area contributed by atoms with Crippen LogP contribution in [0.4, 0.5) is 0 Å². The third kappa shape index (κ3) is 1.75. The van der Waals surface area contributed by atoms with Crippen LogP contribution >= 0.6 is 0 Å². The van der Waals surface area contributed by atoms with E-state index in [1.54, 1.807) is 12.1 Å². The number of carbonyl (C=O) groups is 1. The molecule has 92 valence electrons. The normalized spacial score (nSPS) is 14.7. The Morgan fingerprint density at radius 2 is 2.17 bits per heavy atom. The molecule has 1 aliphatic rings. The minimum Gasteiger partial charge on any atom is -0.477 e. The lowest BCUT2D eigenvalue weighted by molar-refractivity contribution is 0.0695. The molecule has 0 bridgehead atoms. The van der Waals surface area contributed by atoms with Gasteiger partial charge in [0, 0.05) is 5.92 Å². The number of aromatic nitrogens is 3. The van der Waals surface area contributed by atoms with Gasteiger partial charge in [-0.2, -0.15) is 5.10 Å². The first-order valence-electron chi connectivity index (χ1n) is 5.70. The highest BCUT2D eigenvalue weighted by Gasteiger charge is 2.35. The predicted octanol–water partition coefficient (Wildman–Crippen LogP) is 2.02. The van der Waals surface area contributed by atoms with E-state index in [4.69, 9.17) is 4.52 Å². The second-order valence-electron chi connectivity index (χ2n) is 4.41. The van der Waals surface area contributed by atoms with Crippen LogP contribution in [0, 0.1) is 6.92 Å². The van der Waals surface area contributed by atoms with Gasteiger partial charge in [0.05, 0.1) is 5.69 Å². The lowest BCUT2D eigenvalue weighted by Gasteiger charge is -1.97. The van der Waals surface area contributed by atoms with Crippen LogP contribution in [0.15, 0.2) is 16.7 Å². The van der Waals surface area contributed by atoms with E-state index >= 15 is 0 Å². The summed E-state index contributed by atoms with van der Waals surface area (Å²) in [6.45, 7) is 1.81. The van der Waals surface area contributed by atoms with E-state index in [-0.39, 0.29) is 17.2 Å². The number of nitrogens with zero attached hydrogens (tertiary/aromatic N) is 3. The van der Waals surface area contributed by atoms with Crippen molar-refractivity contribution in [2.75, 3.05) is 0 Å². The van der Waals surface area contributed by atoms with Gasteiger partial charge in [0.15, 0.2) is 5.76 Å². The highest BCUT2D eigenvalue weighted by atomic mass is 16.5. The van der Waals surface area contributed by atoms with Crippen LogP contribution in [-0.4, -0.2) is 26.4 Å². The van der Waals surface area contributed by atoms with Crippen LogP contribution in [0.5, 0.6) is 0 Å². The van der Waals surface area contributed by atoms with Gasteiger partial charge in [0.1, 0.15) is 17.0 Å². The molecule has 2 heterocycles. The fraction of sp³-hybridized carbons (Fsp3) is 0.333. The molecule has 0 radical (unpaired) electrons. The average Bonchev–Trinajstić information content (AvgIpc) is 3.09. The van der Waals surface area contributed by atoms with Crippen molar-refractivity contribution in [1.29, 1.82) is 0 Å². The van der Waals surface area contributed by atoms with E-state index in [1.807, 2.05) is 6.92 Å². The Morgan fingerprint density at radius 3 is 2.72 bits per heavy atom. The largest absolute Gasteiger partial charge is 0.477 e. The van der Waals surface area contributed by atoms with Gasteiger partial charge < -0.3 is 9.63 Å². The smallest absolute Gasteiger partial charge is 0.341 e. The van der Waals surface area contributed by atoms with Crippen LogP contribution in [0.2, 0.25) is 0 Å². The SMILES string of the molecule is Cc1ccc(-c2noc(C3CC3)c2C(=O)O)nn1. The summed E-state index contributed by atoms with van der Waals surface area (Å²) in [4.78, 5) is 11.3. The molecule has 1 saturated carbocycles. The molecular weight excluding hydrogens is 234 g/mol. The fourth-order valence-corrected chi connectivity index (χ4v) is 1.83. The molecule has 0 spiro atoms. The molecule has 2 aromatic rings. The van der Waals surface area contributed by atoms with Crippen molar-refractivity contribution in [1.82, 2.24) is 15.4 Å². The maximum Gasteiger partial charge on any atom is 0.341 e. The molecule has 0 saturated heterocycles. The Labute approximate surface area is 103 Å². The summed E-state index contributed by atoms with van der Waals surface area (Å²) < 4.78 is 5.17. The Kier molecular flexibility index (Phi) is 2.36. The van der Waals surface area contributed by atoms with Crippen molar-refractivity contribution in [2.24, 2.45) is 0 Å². The van der Waals surface area contributed by atoms with Crippen molar-refractivity contribution < 1.29 is 14.4 Å². The topological polar surface area (TPSA) is 89.1 Å². The summed E-state index contributed by atoms with van der Waals surface area (Å²) in [7, 11) is 0. The second-order valence-corrected chi connectivity index (χ2v) is 4.41. The molecule has 0 unspecified atom stereocenters. The standard InChI is InChI=1S/C12H11N3O3/c1-6-2-5-8(14-13-6)10-9(12(16)17)11(18-15-10)7-3-4-7/h2,5,7H,3-4H2,1H3,(H,16,17). The summed E-state index contributed by atoms with van der Waals surface area (Å²) in [5.41, 5.74) is 1.57. The van der Waals surface area contributed by atoms with Crippen LogP contribution < -0.4 is 0 Å². The van der Waals surface area contributed by atoms with Crippen LogP contribution in [-0.2, 0) is 0 Å². The zero-order chi connectivity index (χ0) is 12.7. The maximum absolute atomic E-state index is 11.3. The van der Waals surface area contributed by atoms with E-state index < -0.39 is 5.97 Å². The lowest BCUT2D eigenvalue weighted by Crippen LogP contribution is -2.02. The highest BCUT2D eigenvalue weighted by Crippen LogP contribution is 2.43. The molecule has 0 aromatic carbocycles. The maximum atomic E-state index is 11.3. The number of hydrogen-bond donors (Lipinski definition) is 1. The molecule has 1 N–H and O–H groups in total. The van der Waals surface area contributed by atoms with Crippen molar-refractivity contribution in [3.05, 3.63) is 29.2 Å². The number of hydrogen-bond acceptors (Lipinski definition) is 5. The Hall–Kier alpha value is -2.24. The molecule has 6 heteroatoms. The van der Waals surface area contributed by atoms with Gasteiger partial charge in [0.25, 0.3) is 0 Å². The third-order valence-electron chi connectivity index (χ3n) is 2.92. The minimum absolute atomic E-state index is 0.121. The molecule has 1 aliphatic carbocycles. The average molecular weight is 245 g/mol. The first-order chi connectivity index (χ1) is 8.66. The Balaban J connectivity index is 2.11. The summed E-state index contributed by atoms with van der Waals surface area (Å²) in [6.07, 6.45) is 1.91. The van der Waals surface area contributed by atoms with Gasteiger partial charge in [-0.05, 0) is 31.9 Å². The van der Waals surface area contributed by atoms with Crippen molar-refractivity contribution >= 4 is 5.97 Å². The Bertz CT molecular complexity index is 600. The van der Waals surface area contributed by atoms with Crippen molar-refractivity contribution in [2.45, 2.75) is 25.7 Å². The van der Waals surface area contributed by atoms with Gasteiger partial charge in [-0.3, -0.25) is 0 Å². The first-order valence-corrected chi connectivity index (χ1v) is 5.70. The summed E-state index contributed by atoms with van der Waals surface area (Å²) in [6, 6.07) is 3.46. The molecule has 2 aromatic heterocycles. The summed E-state index contributed by atoms with van der Waals surface area (Å²) >= 11 is 0. The summed E-state index contributed by atoms with van der Waals surface area (Å²) in [5, 5.41) is 21.0. The van der Waals surface area contributed by atoms with Crippen LogP contribution in [0.3, 0.4) is 0 Å². The minimum atomic E-state index is -1.03. The molecule has 18 heavy (non-hydrogen) atoms. The van der Waals surface area contributed by atoms with Gasteiger partial charge >= 0.3 is 5.97 Å². The van der Waals surface area contributed by atoms with E-state index in [9.17, 15) is 9.90 Å². The first kappa shape index (κ1) is 10.9. The number of carboxylic acid groups (broad SMARTS) is 1. The van der Waals surface area contributed by atoms with E-state index in [2.05, 4.69) is 15.4 Å². The van der Waals surface area contributed by atoms with Crippen LogP contribution in [0.1, 0.15) is 40.6 Å². The second kappa shape index (κ2) is 3.90. The zero-order valence-electron chi connectivity index (χ0n) is 9.75. The van der Waals surface area contributed by atoms with E-state index in [0.717, 1.165) is 18.5 Å². The van der Waals surface area contributed by atoms with Gasteiger partial charge in [-0.1, -0.05) is 5.16 Å². The Morgan fingerprint density at radius 1 is 1.39 bits per heavy atom. The molecule has 0 atom stereocenters. The number of carboxylic acids is 1. The predicted molar refractivity (Wildman–Crippen MR) is 61.2 cm³/mol. The van der Waals surface area contributed by atoms with Gasteiger partial charge in [-0.15, -0.1) is 5.10 Å². The van der Waals surface area contributed by atoms with Crippen molar-refractivity contribution in [3.63, 3.8) is 0 Å². The van der Waals surface area contributed by atoms with Crippen LogP contribution in [0.25, 0.3) is 11.4 Å². The van der Waals surface area contributed by atoms with Gasteiger partial charge in [-0.25, -0.2) is 4.79 Å². The third-order valence-corrected chi connectivity index (χ3v) is 2.92. The quantitative estimate of drug-likeness (QED) is 0.889. The highest BCUT2D eigenvalue weighted by molar-refractivity contribution is 5.95. The monoisotopic (exact) mass is 245 g/mol. The number of aromatic carboxylic acids is 1. The van der Waals surface area contributed by atoms with E-state index in [1.165, 1.54) is 0 Å². The van der Waals surface area contributed by atoms with Crippen molar-refractivity contribution in [3.8, 4) is 11.4 Å². The molecule has 0 amide bonds. The molecule has 6 nitrogen and oxygen atoms in total. The molecule has 1 fully saturated rings. The molecular formula is C12H11N3O3. The number of rotatable bonds is 3. The van der Waals surface area contributed by atoms with E-state index in [0.29, 0.717) is 11.5 Å². The molecule has 0 aliphatic heterocycles. The summed E-state index contributed by atoms with van der Waals surface area (Å²) in [5.74, 6) is -0.383.